The van der Waals surface area contributed by atoms with Crippen LogP contribution in [0.3, 0.4) is 0 Å². The summed E-state index contributed by atoms with van der Waals surface area (Å²) in [6, 6.07) is 9.82. The topological polar surface area (TPSA) is 66.4 Å². The number of aliphatic carboxylic acids is 1. The van der Waals surface area contributed by atoms with E-state index in [4.69, 9.17) is 5.11 Å². The van der Waals surface area contributed by atoms with Gasteiger partial charge >= 0.3 is 5.97 Å². The Morgan fingerprint density at radius 1 is 1.28 bits per heavy atom. The average molecular weight is 267 g/mol. The van der Waals surface area contributed by atoms with Gasteiger partial charge in [0.15, 0.2) is 0 Å². The van der Waals surface area contributed by atoms with E-state index in [2.05, 4.69) is 5.32 Å². The first kappa shape index (κ1) is 14.6. The molecule has 5 heteroatoms. The third-order valence-electron chi connectivity index (χ3n) is 2.33. The molecule has 0 radical (unpaired) electrons. The van der Waals surface area contributed by atoms with Crippen LogP contribution in [0.25, 0.3) is 0 Å². The summed E-state index contributed by atoms with van der Waals surface area (Å²) in [4.78, 5) is 22.4. The van der Waals surface area contributed by atoms with Crippen molar-refractivity contribution in [1.82, 2.24) is 5.32 Å². The van der Waals surface area contributed by atoms with E-state index >= 15 is 0 Å². The molecule has 0 spiro atoms. The van der Waals surface area contributed by atoms with Gasteiger partial charge in [0.05, 0.1) is 5.75 Å². The number of thioether (sulfide) groups is 1. The van der Waals surface area contributed by atoms with Crippen LogP contribution in [0.2, 0.25) is 0 Å². The van der Waals surface area contributed by atoms with Gasteiger partial charge in [-0.3, -0.25) is 4.79 Å². The Kier molecular flexibility index (Phi) is 5.22. The number of hydrogen-bond donors (Lipinski definition) is 2. The van der Waals surface area contributed by atoms with Crippen molar-refractivity contribution in [2.24, 2.45) is 0 Å². The number of benzene rings is 1. The van der Waals surface area contributed by atoms with E-state index in [9.17, 15) is 9.59 Å². The minimum atomic E-state index is -1.22. The first-order chi connectivity index (χ1) is 8.42. The van der Waals surface area contributed by atoms with E-state index in [0.717, 1.165) is 11.3 Å². The number of nitrogens with one attached hydrogen (secondary N) is 1. The van der Waals surface area contributed by atoms with Gasteiger partial charge in [-0.05, 0) is 19.4 Å². The summed E-state index contributed by atoms with van der Waals surface area (Å²) >= 11 is 1.46. The molecule has 1 aromatic carbocycles. The van der Waals surface area contributed by atoms with E-state index in [1.54, 1.807) is 0 Å². The Morgan fingerprint density at radius 3 is 2.44 bits per heavy atom. The van der Waals surface area contributed by atoms with Crippen LogP contribution < -0.4 is 5.32 Å². The van der Waals surface area contributed by atoms with Crippen LogP contribution in [-0.4, -0.2) is 28.3 Å². The second-order valence-electron chi connectivity index (χ2n) is 4.46. The number of hydrogen-bond acceptors (Lipinski definition) is 3. The fraction of sp³-hybridized carbons (Fsp3) is 0.385. The standard InChI is InChI=1S/C13H17NO3S/c1-13(2,12(16)17)14-11(15)9-18-8-10-6-4-3-5-7-10/h3-7H,8-9H2,1-2H3,(H,14,15)(H,16,17). The van der Waals surface area contributed by atoms with Gasteiger partial charge in [-0.25, -0.2) is 4.79 Å². The fourth-order valence-corrected chi connectivity index (χ4v) is 2.06. The number of carbonyl (C=O) groups excluding carboxylic acids is 1. The predicted molar refractivity (Wildman–Crippen MR) is 72.5 cm³/mol. The number of rotatable bonds is 6. The Balaban J connectivity index is 2.32. The Bertz CT molecular complexity index is 418. The summed E-state index contributed by atoms with van der Waals surface area (Å²) in [6.45, 7) is 2.93. The van der Waals surface area contributed by atoms with Crippen molar-refractivity contribution in [2.75, 3.05) is 5.75 Å². The van der Waals surface area contributed by atoms with E-state index in [1.807, 2.05) is 30.3 Å². The van der Waals surface area contributed by atoms with Crippen molar-refractivity contribution < 1.29 is 14.7 Å². The summed E-state index contributed by atoms with van der Waals surface area (Å²) in [5.41, 5.74) is -0.0718. The van der Waals surface area contributed by atoms with Crippen LogP contribution in [0, 0.1) is 0 Å². The average Bonchev–Trinajstić information content (AvgIpc) is 2.29. The maximum absolute atomic E-state index is 11.6. The van der Waals surface area contributed by atoms with Crippen LogP contribution in [0.1, 0.15) is 19.4 Å². The van der Waals surface area contributed by atoms with Crippen molar-refractivity contribution in [3.8, 4) is 0 Å². The molecule has 18 heavy (non-hydrogen) atoms. The second kappa shape index (κ2) is 6.44. The molecule has 0 saturated carbocycles. The summed E-state index contributed by atoms with van der Waals surface area (Å²) in [7, 11) is 0. The molecule has 4 nitrogen and oxygen atoms in total. The molecule has 0 saturated heterocycles. The van der Waals surface area contributed by atoms with Gasteiger partial charge in [0.2, 0.25) is 5.91 Å². The van der Waals surface area contributed by atoms with Crippen LogP contribution in [0.15, 0.2) is 30.3 Å². The van der Waals surface area contributed by atoms with E-state index in [-0.39, 0.29) is 11.7 Å². The van der Waals surface area contributed by atoms with Gasteiger partial charge < -0.3 is 10.4 Å². The minimum absolute atomic E-state index is 0.256. The summed E-state index contributed by atoms with van der Waals surface area (Å²) in [6.07, 6.45) is 0. The number of carbonyl (C=O) groups is 2. The third kappa shape index (κ3) is 4.79. The minimum Gasteiger partial charge on any atom is -0.480 e. The maximum atomic E-state index is 11.6. The van der Waals surface area contributed by atoms with Crippen molar-refractivity contribution in [3.05, 3.63) is 35.9 Å². The molecule has 2 N–H and O–H groups in total. The Morgan fingerprint density at radius 2 is 1.89 bits per heavy atom. The predicted octanol–water partition coefficient (Wildman–Crippen LogP) is 1.90. The monoisotopic (exact) mass is 267 g/mol. The molecule has 0 unspecified atom stereocenters. The molecule has 0 bridgehead atoms. The lowest BCUT2D eigenvalue weighted by Gasteiger charge is -2.20. The van der Waals surface area contributed by atoms with Crippen LogP contribution in [0.5, 0.6) is 0 Å². The van der Waals surface area contributed by atoms with Gasteiger partial charge in [-0.1, -0.05) is 30.3 Å². The van der Waals surface area contributed by atoms with Gasteiger partial charge in [0.25, 0.3) is 0 Å². The lowest BCUT2D eigenvalue weighted by atomic mass is 10.1. The normalized spacial score (nSPS) is 11.0. The molecule has 0 aliphatic rings. The molecule has 0 aliphatic heterocycles. The molecule has 0 atom stereocenters. The Labute approximate surface area is 111 Å². The smallest absolute Gasteiger partial charge is 0.328 e. The highest BCUT2D eigenvalue weighted by Crippen LogP contribution is 2.12. The zero-order valence-electron chi connectivity index (χ0n) is 10.5. The van der Waals surface area contributed by atoms with Crippen molar-refractivity contribution >= 4 is 23.6 Å². The van der Waals surface area contributed by atoms with Gasteiger partial charge in [-0.2, -0.15) is 0 Å². The summed E-state index contributed by atoms with van der Waals surface area (Å²) < 4.78 is 0. The highest BCUT2D eigenvalue weighted by Gasteiger charge is 2.28. The first-order valence-corrected chi connectivity index (χ1v) is 6.73. The van der Waals surface area contributed by atoms with Crippen molar-refractivity contribution in [1.29, 1.82) is 0 Å². The quantitative estimate of drug-likeness (QED) is 0.826. The molecular formula is C13H17NO3S. The molecule has 1 amide bonds. The first-order valence-electron chi connectivity index (χ1n) is 5.58. The highest BCUT2D eigenvalue weighted by atomic mass is 32.2. The van der Waals surface area contributed by atoms with E-state index in [0.29, 0.717) is 0 Å². The zero-order valence-corrected chi connectivity index (χ0v) is 11.3. The van der Waals surface area contributed by atoms with E-state index < -0.39 is 11.5 Å². The lowest BCUT2D eigenvalue weighted by Crippen LogP contribution is -2.50. The number of carboxylic acid groups (broad SMARTS) is 1. The largest absolute Gasteiger partial charge is 0.480 e. The molecule has 1 rings (SSSR count). The molecule has 0 aliphatic carbocycles. The molecule has 0 aromatic heterocycles. The van der Waals surface area contributed by atoms with E-state index in [1.165, 1.54) is 25.6 Å². The molecular weight excluding hydrogens is 250 g/mol. The van der Waals surface area contributed by atoms with Crippen LogP contribution in [-0.2, 0) is 15.3 Å². The third-order valence-corrected chi connectivity index (χ3v) is 3.34. The fourth-order valence-electron chi connectivity index (χ4n) is 1.27. The van der Waals surface area contributed by atoms with Crippen LogP contribution >= 0.6 is 11.8 Å². The lowest BCUT2D eigenvalue weighted by molar-refractivity contribution is -0.145. The molecule has 98 valence electrons. The Hall–Kier alpha value is -1.49. The van der Waals surface area contributed by atoms with Gasteiger partial charge in [-0.15, -0.1) is 11.8 Å². The van der Waals surface area contributed by atoms with Crippen molar-refractivity contribution in [2.45, 2.75) is 25.1 Å². The van der Waals surface area contributed by atoms with Crippen molar-refractivity contribution in [3.63, 3.8) is 0 Å². The zero-order chi connectivity index (χ0) is 13.6. The highest BCUT2D eigenvalue weighted by molar-refractivity contribution is 7.99. The molecule has 1 aromatic rings. The summed E-state index contributed by atoms with van der Waals surface area (Å²) in [5, 5.41) is 11.4. The maximum Gasteiger partial charge on any atom is 0.328 e. The van der Waals surface area contributed by atoms with Gasteiger partial charge in [0, 0.05) is 5.75 Å². The number of carboxylic acids is 1. The second-order valence-corrected chi connectivity index (χ2v) is 5.44. The molecule has 0 heterocycles. The van der Waals surface area contributed by atoms with Crippen LogP contribution in [0.4, 0.5) is 0 Å². The molecule has 0 fully saturated rings. The van der Waals surface area contributed by atoms with Gasteiger partial charge in [0.1, 0.15) is 5.54 Å². The SMILES string of the molecule is CC(C)(NC(=O)CSCc1ccccc1)C(=O)O. The summed E-state index contributed by atoms with van der Waals surface area (Å²) in [5.74, 6) is -0.305. The number of amides is 1.